The Balaban J connectivity index is 2.23. The second-order valence-corrected chi connectivity index (χ2v) is 7.78. The maximum absolute atomic E-state index is 12.5. The minimum absolute atomic E-state index is 0.189. The molecule has 0 spiro atoms. The molecular formula is C14H17BrN2O3S. The number of rotatable bonds is 5. The molecule has 0 radical (unpaired) electrons. The van der Waals surface area contributed by atoms with Gasteiger partial charge in [0.2, 0.25) is 10.0 Å². The van der Waals surface area contributed by atoms with Gasteiger partial charge in [-0.05, 0) is 23.8 Å². The average molecular weight is 373 g/mol. The zero-order valence-corrected chi connectivity index (χ0v) is 14.2. The first kappa shape index (κ1) is 16.2. The second-order valence-electron chi connectivity index (χ2n) is 4.82. The van der Waals surface area contributed by atoms with Crippen molar-refractivity contribution in [2.75, 3.05) is 7.05 Å². The van der Waals surface area contributed by atoms with Crippen LogP contribution in [-0.4, -0.2) is 29.4 Å². The molecule has 0 aliphatic rings. The highest BCUT2D eigenvalue weighted by Crippen LogP contribution is 2.20. The van der Waals surface area contributed by atoms with E-state index in [-0.39, 0.29) is 11.5 Å². The molecule has 0 bridgehead atoms. The molecule has 0 amide bonds. The summed E-state index contributed by atoms with van der Waals surface area (Å²) in [7, 11) is -0.317. The molecule has 1 aromatic carbocycles. The van der Waals surface area contributed by atoms with Crippen molar-refractivity contribution in [3.63, 3.8) is 0 Å². The number of hydrogen-bond donors (Lipinski definition) is 1. The van der Waals surface area contributed by atoms with E-state index in [1.165, 1.54) is 16.6 Å². The van der Waals surface area contributed by atoms with Gasteiger partial charge in [-0.25, -0.2) is 8.42 Å². The number of nitrogens with zero attached hydrogens (tertiary/aromatic N) is 2. The number of benzene rings is 1. The third kappa shape index (κ3) is 3.55. The summed E-state index contributed by atoms with van der Waals surface area (Å²) in [5.41, 5.74) is 1.47. The van der Waals surface area contributed by atoms with Gasteiger partial charge in [0.1, 0.15) is 4.90 Å². The summed E-state index contributed by atoms with van der Waals surface area (Å²) in [6.45, 7) is 0.0986. The van der Waals surface area contributed by atoms with E-state index in [9.17, 15) is 8.42 Å². The lowest BCUT2D eigenvalue weighted by Crippen LogP contribution is -2.26. The van der Waals surface area contributed by atoms with Crippen molar-refractivity contribution in [2.45, 2.75) is 18.0 Å². The van der Waals surface area contributed by atoms with Crippen molar-refractivity contribution in [3.05, 3.63) is 52.3 Å². The maximum Gasteiger partial charge on any atom is 0.244 e. The lowest BCUT2D eigenvalue weighted by Gasteiger charge is -2.16. The zero-order chi connectivity index (χ0) is 15.6. The third-order valence-corrected chi connectivity index (χ3v) is 5.57. The molecule has 21 heavy (non-hydrogen) atoms. The molecule has 2 aromatic rings. The third-order valence-electron chi connectivity index (χ3n) is 3.27. The number of aryl methyl sites for hydroxylation is 1. The summed E-state index contributed by atoms with van der Waals surface area (Å²) in [5.74, 6) is 0. The van der Waals surface area contributed by atoms with Crippen molar-refractivity contribution >= 4 is 26.0 Å². The van der Waals surface area contributed by atoms with Crippen LogP contribution in [0.5, 0.6) is 0 Å². The van der Waals surface area contributed by atoms with Crippen LogP contribution in [0, 0.1) is 0 Å². The number of sulfonamides is 1. The predicted octanol–water partition coefficient (Wildman–Crippen LogP) is 2.10. The minimum Gasteiger partial charge on any atom is -0.390 e. The maximum atomic E-state index is 12.5. The molecule has 0 atom stereocenters. The molecule has 0 fully saturated rings. The number of halogens is 1. The van der Waals surface area contributed by atoms with E-state index >= 15 is 0 Å². The van der Waals surface area contributed by atoms with E-state index in [1.807, 2.05) is 24.3 Å². The van der Waals surface area contributed by atoms with Crippen LogP contribution in [0.25, 0.3) is 0 Å². The van der Waals surface area contributed by atoms with E-state index in [0.29, 0.717) is 12.2 Å². The number of aromatic nitrogens is 1. The van der Waals surface area contributed by atoms with Gasteiger partial charge in [-0.2, -0.15) is 4.31 Å². The monoisotopic (exact) mass is 372 g/mol. The van der Waals surface area contributed by atoms with Gasteiger partial charge in [-0.3, -0.25) is 0 Å². The van der Waals surface area contributed by atoms with Crippen LogP contribution >= 0.6 is 15.9 Å². The highest BCUT2D eigenvalue weighted by molar-refractivity contribution is 9.10. The smallest absolute Gasteiger partial charge is 0.244 e. The molecule has 5 nitrogen and oxygen atoms in total. The first-order valence-electron chi connectivity index (χ1n) is 6.31. The Morgan fingerprint density at radius 1 is 1.29 bits per heavy atom. The Bertz CT molecular complexity index is 723. The van der Waals surface area contributed by atoms with Gasteiger partial charge in [0, 0.05) is 37.0 Å². The predicted molar refractivity (Wildman–Crippen MR) is 84.1 cm³/mol. The minimum atomic E-state index is -3.57. The molecule has 0 saturated heterocycles. The van der Waals surface area contributed by atoms with Gasteiger partial charge < -0.3 is 9.67 Å². The van der Waals surface area contributed by atoms with Crippen LogP contribution in [0.4, 0.5) is 0 Å². The topological polar surface area (TPSA) is 62.5 Å². The summed E-state index contributed by atoms with van der Waals surface area (Å²) in [6, 6.07) is 9.00. The highest BCUT2D eigenvalue weighted by Gasteiger charge is 2.23. The summed E-state index contributed by atoms with van der Waals surface area (Å²) >= 11 is 3.35. The second kappa shape index (κ2) is 6.31. The van der Waals surface area contributed by atoms with Crippen LogP contribution in [0.1, 0.15) is 11.3 Å². The fraction of sp³-hybridized carbons (Fsp3) is 0.286. The Hall–Kier alpha value is -1.15. The molecule has 7 heteroatoms. The normalized spacial score (nSPS) is 12.0. The molecule has 0 unspecified atom stereocenters. The number of aliphatic hydroxyl groups excluding tert-OH is 1. The SMILES string of the molecule is CN(Cc1ccc(Br)cc1)S(=O)(=O)c1cc(CO)n(C)c1. The van der Waals surface area contributed by atoms with E-state index in [0.717, 1.165) is 10.0 Å². The van der Waals surface area contributed by atoms with Gasteiger partial charge >= 0.3 is 0 Å². The van der Waals surface area contributed by atoms with E-state index in [4.69, 9.17) is 5.11 Å². The molecule has 1 N–H and O–H groups in total. The number of hydrogen-bond acceptors (Lipinski definition) is 3. The standard InChI is InChI=1S/C14H17BrN2O3S/c1-16-9-14(7-13(16)10-18)21(19,20)17(2)8-11-3-5-12(15)6-4-11/h3-7,9,18H,8,10H2,1-2H3. The molecule has 0 aliphatic heterocycles. The molecule has 114 valence electrons. The van der Waals surface area contributed by atoms with Crippen molar-refractivity contribution in [3.8, 4) is 0 Å². The summed E-state index contributed by atoms with van der Waals surface area (Å²) < 4.78 is 28.9. The van der Waals surface area contributed by atoms with Gasteiger partial charge in [0.15, 0.2) is 0 Å². The fourth-order valence-electron chi connectivity index (χ4n) is 1.99. The van der Waals surface area contributed by atoms with Crippen molar-refractivity contribution in [2.24, 2.45) is 7.05 Å². The summed E-state index contributed by atoms with van der Waals surface area (Å²) in [5, 5.41) is 9.16. The lowest BCUT2D eigenvalue weighted by molar-refractivity contribution is 0.272. The lowest BCUT2D eigenvalue weighted by atomic mass is 10.2. The van der Waals surface area contributed by atoms with Crippen molar-refractivity contribution in [1.29, 1.82) is 0 Å². The van der Waals surface area contributed by atoms with Gasteiger partial charge in [0.05, 0.1) is 6.61 Å². The molecule has 2 rings (SSSR count). The summed E-state index contributed by atoms with van der Waals surface area (Å²) in [4.78, 5) is 0.189. The van der Waals surface area contributed by atoms with Crippen LogP contribution in [0.2, 0.25) is 0 Å². The van der Waals surface area contributed by atoms with Gasteiger partial charge in [0.25, 0.3) is 0 Å². The molecule has 1 aromatic heterocycles. The molecule has 0 saturated carbocycles. The molecule has 1 heterocycles. The number of aliphatic hydroxyl groups is 1. The first-order valence-corrected chi connectivity index (χ1v) is 8.55. The Morgan fingerprint density at radius 3 is 2.43 bits per heavy atom. The Morgan fingerprint density at radius 2 is 1.90 bits per heavy atom. The quantitative estimate of drug-likeness (QED) is 0.873. The van der Waals surface area contributed by atoms with Crippen LogP contribution in [0.15, 0.2) is 45.9 Å². The van der Waals surface area contributed by atoms with Crippen molar-refractivity contribution < 1.29 is 13.5 Å². The van der Waals surface area contributed by atoms with E-state index in [2.05, 4.69) is 15.9 Å². The average Bonchev–Trinajstić information content (AvgIpc) is 2.83. The molecular weight excluding hydrogens is 356 g/mol. The van der Waals surface area contributed by atoms with Crippen LogP contribution in [-0.2, 0) is 30.2 Å². The first-order chi connectivity index (χ1) is 9.84. The van der Waals surface area contributed by atoms with E-state index < -0.39 is 10.0 Å². The summed E-state index contributed by atoms with van der Waals surface area (Å²) in [6.07, 6.45) is 1.51. The Kier molecular flexibility index (Phi) is 4.88. The Labute approximate surface area is 133 Å². The fourth-order valence-corrected chi connectivity index (χ4v) is 3.51. The van der Waals surface area contributed by atoms with Gasteiger partial charge in [-0.1, -0.05) is 28.1 Å². The highest BCUT2D eigenvalue weighted by atomic mass is 79.9. The van der Waals surface area contributed by atoms with Crippen LogP contribution < -0.4 is 0 Å². The zero-order valence-electron chi connectivity index (χ0n) is 11.8. The largest absolute Gasteiger partial charge is 0.390 e. The van der Waals surface area contributed by atoms with Crippen molar-refractivity contribution in [1.82, 2.24) is 8.87 Å². The van der Waals surface area contributed by atoms with Gasteiger partial charge in [-0.15, -0.1) is 0 Å². The molecule has 0 aliphatic carbocycles. The van der Waals surface area contributed by atoms with Crippen LogP contribution in [0.3, 0.4) is 0 Å². The van der Waals surface area contributed by atoms with E-state index in [1.54, 1.807) is 18.7 Å².